The number of nitrogens with one attached hydrogen (secondary N) is 1. The summed E-state index contributed by atoms with van der Waals surface area (Å²) in [6, 6.07) is 4.57. The number of carbonyl (C=O) groups excluding carboxylic acids is 3. The number of hydrogen-bond donors (Lipinski definition) is 1. The molecule has 1 aliphatic carbocycles. The van der Waals surface area contributed by atoms with E-state index in [2.05, 4.69) is 5.32 Å². The van der Waals surface area contributed by atoms with Crippen LogP contribution in [0.15, 0.2) is 23.1 Å². The molecule has 0 spiro atoms. The Morgan fingerprint density at radius 1 is 1.19 bits per heavy atom. The van der Waals surface area contributed by atoms with Gasteiger partial charge in [-0.2, -0.15) is 0 Å². The third kappa shape index (κ3) is 4.90. The maximum Gasteiger partial charge on any atom is 0.338 e. The molecule has 4 rings (SSSR count). The molecule has 1 aromatic rings. The number of benzene rings is 1. The van der Waals surface area contributed by atoms with Crippen molar-refractivity contribution in [1.82, 2.24) is 4.90 Å². The number of esters is 1. The van der Waals surface area contributed by atoms with Crippen LogP contribution in [0.25, 0.3) is 0 Å². The summed E-state index contributed by atoms with van der Waals surface area (Å²) in [7, 11) is -3.13. The van der Waals surface area contributed by atoms with Crippen molar-refractivity contribution in [2.75, 3.05) is 23.4 Å². The number of fused-ring (bicyclic) bond motifs is 1. The molecule has 0 bridgehead atoms. The molecule has 168 valence electrons. The van der Waals surface area contributed by atoms with E-state index in [0.29, 0.717) is 12.1 Å². The number of carbonyl (C=O) groups is 3. The lowest BCUT2D eigenvalue weighted by Crippen LogP contribution is -2.48. The van der Waals surface area contributed by atoms with Gasteiger partial charge >= 0.3 is 5.97 Å². The molecule has 1 saturated heterocycles. The summed E-state index contributed by atoms with van der Waals surface area (Å²) < 4.78 is 29.2. The Hall–Kier alpha value is -2.07. The first-order chi connectivity index (χ1) is 14.7. The van der Waals surface area contributed by atoms with Crippen LogP contribution in [0.3, 0.4) is 0 Å². The van der Waals surface area contributed by atoms with Crippen LogP contribution in [-0.2, 0) is 24.2 Å². The molecule has 2 heterocycles. The van der Waals surface area contributed by atoms with Gasteiger partial charge in [0.25, 0.3) is 5.91 Å². The van der Waals surface area contributed by atoms with Gasteiger partial charge in [0, 0.05) is 17.0 Å². The molecule has 0 aromatic heterocycles. The zero-order valence-electron chi connectivity index (χ0n) is 17.3. The SMILES string of the molecule is CC1Sc2ccc(C(=O)OCC(=O)N(C3CCCC3)C3CCS(=O)(=O)C3)cc2NC1=O. The molecule has 2 amide bonds. The Kier molecular flexibility index (Phi) is 6.30. The normalized spacial score (nSPS) is 25.0. The molecule has 1 aromatic carbocycles. The number of thioether (sulfide) groups is 1. The average Bonchev–Trinajstić information content (AvgIpc) is 3.37. The van der Waals surface area contributed by atoms with Gasteiger partial charge in [0.1, 0.15) is 0 Å². The smallest absolute Gasteiger partial charge is 0.338 e. The highest BCUT2D eigenvalue weighted by atomic mass is 32.2. The molecule has 1 saturated carbocycles. The molecule has 0 radical (unpaired) electrons. The number of hydrogen-bond acceptors (Lipinski definition) is 7. The molecule has 10 heteroatoms. The van der Waals surface area contributed by atoms with Crippen LogP contribution in [0.2, 0.25) is 0 Å². The minimum absolute atomic E-state index is 0.00229. The van der Waals surface area contributed by atoms with Gasteiger partial charge in [0.15, 0.2) is 16.4 Å². The quantitative estimate of drug-likeness (QED) is 0.663. The second-order valence-corrected chi connectivity index (χ2v) is 11.9. The van der Waals surface area contributed by atoms with Crippen LogP contribution >= 0.6 is 11.8 Å². The van der Waals surface area contributed by atoms with E-state index in [-0.39, 0.29) is 46.2 Å². The summed E-state index contributed by atoms with van der Waals surface area (Å²) in [4.78, 5) is 39.9. The zero-order chi connectivity index (χ0) is 22.2. The zero-order valence-corrected chi connectivity index (χ0v) is 19.0. The second kappa shape index (κ2) is 8.82. The first-order valence-electron chi connectivity index (χ1n) is 10.5. The second-order valence-electron chi connectivity index (χ2n) is 8.33. The first-order valence-corrected chi connectivity index (χ1v) is 13.2. The van der Waals surface area contributed by atoms with E-state index in [1.165, 1.54) is 11.8 Å². The molecule has 1 N–H and O–H groups in total. The Labute approximate surface area is 186 Å². The van der Waals surface area contributed by atoms with Gasteiger partial charge in [0.2, 0.25) is 5.91 Å². The Bertz CT molecular complexity index is 1000. The van der Waals surface area contributed by atoms with Crippen molar-refractivity contribution < 1.29 is 27.5 Å². The lowest BCUT2D eigenvalue weighted by molar-refractivity contribution is -0.139. The minimum atomic E-state index is -3.13. The summed E-state index contributed by atoms with van der Waals surface area (Å²) in [5.74, 6) is -1.07. The molecule has 3 aliphatic rings. The third-order valence-corrected chi connectivity index (χ3v) is 9.01. The highest BCUT2D eigenvalue weighted by molar-refractivity contribution is 8.01. The van der Waals surface area contributed by atoms with Crippen molar-refractivity contribution in [3.8, 4) is 0 Å². The van der Waals surface area contributed by atoms with Gasteiger partial charge in [0.05, 0.1) is 28.0 Å². The number of sulfone groups is 1. The molecular formula is C21H26N2O6S2. The predicted octanol–water partition coefficient (Wildman–Crippen LogP) is 2.23. The van der Waals surface area contributed by atoms with Crippen molar-refractivity contribution in [3.05, 3.63) is 23.8 Å². The van der Waals surface area contributed by atoms with Crippen molar-refractivity contribution in [2.45, 2.75) is 61.3 Å². The summed E-state index contributed by atoms with van der Waals surface area (Å²) in [5, 5.41) is 2.57. The first kappa shape index (κ1) is 22.1. The summed E-state index contributed by atoms with van der Waals surface area (Å²) >= 11 is 1.42. The van der Waals surface area contributed by atoms with E-state index in [1.807, 2.05) is 6.92 Å². The van der Waals surface area contributed by atoms with Gasteiger partial charge in [-0.25, -0.2) is 13.2 Å². The van der Waals surface area contributed by atoms with E-state index >= 15 is 0 Å². The number of ether oxygens (including phenoxy) is 1. The highest BCUT2D eigenvalue weighted by Gasteiger charge is 2.39. The average molecular weight is 467 g/mol. The standard InChI is InChI=1S/C21H26N2O6S2/c1-13-20(25)22-17-10-14(6-7-18(17)30-13)21(26)29-11-19(24)23(15-4-2-3-5-15)16-8-9-31(27,28)12-16/h6-7,10,13,15-16H,2-5,8-9,11-12H2,1H3,(H,22,25). The van der Waals surface area contributed by atoms with Crippen LogP contribution in [0.1, 0.15) is 49.4 Å². The molecule has 2 aliphatic heterocycles. The lowest BCUT2D eigenvalue weighted by atomic mass is 10.1. The van der Waals surface area contributed by atoms with E-state index < -0.39 is 22.4 Å². The fourth-order valence-electron chi connectivity index (χ4n) is 4.50. The Morgan fingerprint density at radius 3 is 2.61 bits per heavy atom. The predicted molar refractivity (Wildman–Crippen MR) is 117 cm³/mol. The number of nitrogens with zero attached hydrogens (tertiary/aromatic N) is 1. The van der Waals surface area contributed by atoms with Crippen molar-refractivity contribution in [2.24, 2.45) is 0 Å². The highest BCUT2D eigenvalue weighted by Crippen LogP contribution is 2.36. The molecule has 2 atom stereocenters. The van der Waals surface area contributed by atoms with Gasteiger partial charge < -0.3 is 15.0 Å². The van der Waals surface area contributed by atoms with Gasteiger partial charge in [-0.1, -0.05) is 12.8 Å². The maximum absolute atomic E-state index is 13.0. The van der Waals surface area contributed by atoms with Crippen molar-refractivity contribution in [3.63, 3.8) is 0 Å². The van der Waals surface area contributed by atoms with Gasteiger partial charge in [-0.3, -0.25) is 9.59 Å². The number of rotatable bonds is 5. The van der Waals surface area contributed by atoms with Gasteiger partial charge in [-0.05, 0) is 44.4 Å². The molecule has 2 unspecified atom stereocenters. The molecule has 31 heavy (non-hydrogen) atoms. The fraction of sp³-hybridized carbons (Fsp3) is 0.571. The minimum Gasteiger partial charge on any atom is -0.452 e. The molecule has 8 nitrogen and oxygen atoms in total. The summed E-state index contributed by atoms with van der Waals surface area (Å²) in [5.41, 5.74) is 0.801. The van der Waals surface area contributed by atoms with Crippen LogP contribution in [0, 0.1) is 0 Å². The van der Waals surface area contributed by atoms with Crippen LogP contribution in [-0.4, -0.2) is 66.5 Å². The molecule has 2 fully saturated rings. The third-order valence-electron chi connectivity index (χ3n) is 6.08. The summed E-state index contributed by atoms with van der Waals surface area (Å²) in [6.45, 7) is 1.38. The van der Waals surface area contributed by atoms with Crippen LogP contribution < -0.4 is 5.32 Å². The topological polar surface area (TPSA) is 110 Å². The van der Waals surface area contributed by atoms with E-state index in [4.69, 9.17) is 4.74 Å². The van der Waals surface area contributed by atoms with Crippen molar-refractivity contribution in [1.29, 1.82) is 0 Å². The molecular weight excluding hydrogens is 440 g/mol. The van der Waals surface area contributed by atoms with Crippen LogP contribution in [0.5, 0.6) is 0 Å². The van der Waals surface area contributed by atoms with Gasteiger partial charge in [-0.15, -0.1) is 11.8 Å². The lowest BCUT2D eigenvalue weighted by Gasteiger charge is -2.33. The Balaban J connectivity index is 1.42. The largest absolute Gasteiger partial charge is 0.452 e. The maximum atomic E-state index is 13.0. The van der Waals surface area contributed by atoms with E-state index in [0.717, 1.165) is 30.6 Å². The number of anilines is 1. The van der Waals surface area contributed by atoms with E-state index in [9.17, 15) is 22.8 Å². The van der Waals surface area contributed by atoms with Crippen LogP contribution in [0.4, 0.5) is 5.69 Å². The fourth-order valence-corrected chi connectivity index (χ4v) is 7.15. The van der Waals surface area contributed by atoms with E-state index in [1.54, 1.807) is 23.1 Å². The monoisotopic (exact) mass is 466 g/mol. The summed E-state index contributed by atoms with van der Waals surface area (Å²) in [6.07, 6.45) is 4.13. The number of amides is 2. The van der Waals surface area contributed by atoms with Crippen molar-refractivity contribution >= 4 is 45.1 Å². The Morgan fingerprint density at radius 2 is 1.94 bits per heavy atom.